The standard InChI is InChI=1S/2C6H12O2.C5H12/c1-4-5(2)8-6(3)7;1-2-3-4-5-6(7)8;1-3-5-4-2/h5H,4H2,1-3H3;2-5H2,1H3,(H,7,8);3-5H2,1-2H3. The molecule has 0 aromatic rings. The Bertz CT molecular complexity index is 225. The number of ether oxygens (including phenoxy) is 1. The van der Waals surface area contributed by atoms with Crippen LogP contribution in [0.3, 0.4) is 0 Å². The van der Waals surface area contributed by atoms with Gasteiger partial charge in [0.05, 0.1) is 6.10 Å². The highest BCUT2D eigenvalue weighted by atomic mass is 16.5. The van der Waals surface area contributed by atoms with E-state index in [9.17, 15) is 9.59 Å². The van der Waals surface area contributed by atoms with E-state index in [2.05, 4.69) is 20.8 Å². The average Bonchev–Trinajstić information content (AvgIpc) is 2.40. The zero-order valence-corrected chi connectivity index (χ0v) is 14.9. The molecule has 0 saturated heterocycles. The Morgan fingerprint density at radius 1 is 0.952 bits per heavy atom. The molecule has 1 unspecified atom stereocenters. The summed E-state index contributed by atoms with van der Waals surface area (Å²) in [5.74, 6) is -0.877. The van der Waals surface area contributed by atoms with Crippen LogP contribution in [0.25, 0.3) is 0 Å². The second-order valence-electron chi connectivity index (χ2n) is 5.03. The maximum Gasteiger partial charge on any atom is 0.303 e. The van der Waals surface area contributed by atoms with Gasteiger partial charge in [0.15, 0.2) is 0 Å². The lowest BCUT2D eigenvalue weighted by Crippen LogP contribution is -2.09. The summed E-state index contributed by atoms with van der Waals surface area (Å²) in [6.45, 7) is 11.8. The first-order valence-electron chi connectivity index (χ1n) is 8.24. The van der Waals surface area contributed by atoms with Gasteiger partial charge < -0.3 is 9.84 Å². The maximum atomic E-state index is 10.2. The molecule has 0 aromatic heterocycles. The minimum atomic E-state index is -0.682. The number of aliphatic carboxylic acids is 1. The normalized spacial score (nSPS) is 10.4. The van der Waals surface area contributed by atoms with Gasteiger partial charge in [0.2, 0.25) is 0 Å². The summed E-state index contributed by atoms with van der Waals surface area (Å²) in [4.78, 5) is 20.1. The molecule has 128 valence electrons. The molecule has 0 aliphatic rings. The van der Waals surface area contributed by atoms with Crippen LogP contribution in [-0.2, 0) is 14.3 Å². The number of carbonyl (C=O) groups excluding carboxylic acids is 1. The highest BCUT2D eigenvalue weighted by Gasteiger charge is 1.99. The maximum absolute atomic E-state index is 10.2. The summed E-state index contributed by atoms with van der Waals surface area (Å²) in [5.41, 5.74) is 0. The van der Waals surface area contributed by atoms with Gasteiger partial charge in [-0.05, 0) is 19.8 Å². The van der Waals surface area contributed by atoms with Gasteiger partial charge in [0.25, 0.3) is 0 Å². The van der Waals surface area contributed by atoms with Crippen LogP contribution in [0.2, 0.25) is 0 Å². The molecule has 4 heteroatoms. The molecule has 0 aliphatic heterocycles. The summed E-state index contributed by atoms with van der Waals surface area (Å²) < 4.78 is 4.76. The van der Waals surface area contributed by atoms with Crippen molar-refractivity contribution in [3.63, 3.8) is 0 Å². The minimum absolute atomic E-state index is 0.0764. The Morgan fingerprint density at radius 3 is 1.62 bits per heavy atom. The number of unbranched alkanes of at least 4 members (excludes halogenated alkanes) is 4. The Morgan fingerprint density at radius 2 is 1.43 bits per heavy atom. The topological polar surface area (TPSA) is 63.6 Å². The molecule has 0 radical (unpaired) electrons. The largest absolute Gasteiger partial charge is 0.481 e. The lowest BCUT2D eigenvalue weighted by atomic mass is 10.2. The second kappa shape index (κ2) is 21.2. The third kappa shape index (κ3) is 38.1. The quantitative estimate of drug-likeness (QED) is 0.494. The fraction of sp³-hybridized carbons (Fsp3) is 0.882. The van der Waals surface area contributed by atoms with E-state index in [-0.39, 0.29) is 12.1 Å². The number of hydrogen-bond acceptors (Lipinski definition) is 3. The molecule has 0 spiro atoms. The molecule has 0 saturated carbocycles. The minimum Gasteiger partial charge on any atom is -0.481 e. The third-order valence-electron chi connectivity index (χ3n) is 2.64. The van der Waals surface area contributed by atoms with Crippen LogP contribution in [0.5, 0.6) is 0 Å². The fourth-order valence-corrected chi connectivity index (χ4v) is 1.25. The Kier molecular flexibility index (Phi) is 25.2. The van der Waals surface area contributed by atoms with Crippen LogP contribution < -0.4 is 0 Å². The van der Waals surface area contributed by atoms with Crippen molar-refractivity contribution in [1.29, 1.82) is 0 Å². The SMILES string of the molecule is CCC(C)OC(C)=O.CCCCC.CCCCCC(=O)O. The van der Waals surface area contributed by atoms with Crippen molar-refractivity contribution in [2.45, 2.75) is 99.0 Å². The van der Waals surface area contributed by atoms with Gasteiger partial charge in [-0.15, -0.1) is 0 Å². The first kappa shape index (κ1) is 24.9. The van der Waals surface area contributed by atoms with Gasteiger partial charge in [-0.25, -0.2) is 0 Å². The van der Waals surface area contributed by atoms with E-state index in [0.29, 0.717) is 6.42 Å². The van der Waals surface area contributed by atoms with E-state index in [1.165, 1.54) is 26.2 Å². The van der Waals surface area contributed by atoms with Crippen LogP contribution >= 0.6 is 0 Å². The zero-order valence-electron chi connectivity index (χ0n) is 14.9. The van der Waals surface area contributed by atoms with Crippen LogP contribution in [0.1, 0.15) is 92.9 Å². The lowest BCUT2D eigenvalue weighted by molar-refractivity contribution is -0.145. The predicted molar refractivity (Wildman–Crippen MR) is 88.5 cm³/mol. The van der Waals surface area contributed by atoms with Gasteiger partial charge in [-0.2, -0.15) is 0 Å². The van der Waals surface area contributed by atoms with Gasteiger partial charge in [0, 0.05) is 13.3 Å². The predicted octanol–water partition coefficient (Wildman–Crippen LogP) is 5.20. The number of carboxylic acids is 1. The highest BCUT2D eigenvalue weighted by molar-refractivity contribution is 5.66. The smallest absolute Gasteiger partial charge is 0.303 e. The molecule has 0 fully saturated rings. The van der Waals surface area contributed by atoms with E-state index < -0.39 is 5.97 Å². The van der Waals surface area contributed by atoms with Crippen molar-refractivity contribution in [3.05, 3.63) is 0 Å². The van der Waals surface area contributed by atoms with Crippen LogP contribution in [0, 0.1) is 0 Å². The molecule has 0 amide bonds. The van der Waals surface area contributed by atoms with E-state index in [4.69, 9.17) is 9.84 Å². The summed E-state index contributed by atoms with van der Waals surface area (Å²) in [6.07, 6.45) is 8.32. The van der Waals surface area contributed by atoms with Crippen molar-refractivity contribution in [3.8, 4) is 0 Å². The molecular weight excluding hydrogens is 268 g/mol. The van der Waals surface area contributed by atoms with Gasteiger partial charge in [-0.1, -0.05) is 59.8 Å². The number of carbonyl (C=O) groups is 2. The molecule has 1 atom stereocenters. The Balaban J connectivity index is -0.000000239. The second-order valence-corrected chi connectivity index (χ2v) is 5.03. The molecule has 4 nitrogen and oxygen atoms in total. The fourth-order valence-electron chi connectivity index (χ4n) is 1.25. The molecule has 0 heterocycles. The van der Waals surface area contributed by atoms with Crippen molar-refractivity contribution in [2.24, 2.45) is 0 Å². The summed E-state index contributed by atoms with van der Waals surface area (Å²) in [7, 11) is 0. The molecule has 0 aliphatic carbocycles. The van der Waals surface area contributed by atoms with Gasteiger partial charge in [0.1, 0.15) is 0 Å². The summed E-state index contributed by atoms with van der Waals surface area (Å²) in [5, 5.41) is 8.14. The summed E-state index contributed by atoms with van der Waals surface area (Å²) >= 11 is 0. The molecule has 0 aromatic carbocycles. The lowest BCUT2D eigenvalue weighted by Gasteiger charge is -2.06. The zero-order chi connectivity index (χ0) is 17.1. The third-order valence-corrected chi connectivity index (χ3v) is 2.64. The van der Waals surface area contributed by atoms with Crippen LogP contribution in [-0.4, -0.2) is 23.1 Å². The van der Waals surface area contributed by atoms with E-state index in [1.54, 1.807) is 0 Å². The number of carboxylic acid groups (broad SMARTS) is 1. The van der Waals surface area contributed by atoms with E-state index >= 15 is 0 Å². The summed E-state index contributed by atoms with van der Waals surface area (Å²) in [6, 6.07) is 0. The van der Waals surface area contributed by atoms with E-state index in [1.807, 2.05) is 13.8 Å². The van der Waals surface area contributed by atoms with E-state index in [0.717, 1.165) is 25.7 Å². The van der Waals surface area contributed by atoms with Crippen molar-refractivity contribution in [1.82, 2.24) is 0 Å². The highest BCUT2D eigenvalue weighted by Crippen LogP contribution is 1.97. The number of rotatable bonds is 8. The van der Waals surface area contributed by atoms with Crippen LogP contribution in [0.4, 0.5) is 0 Å². The Hall–Kier alpha value is -1.06. The molecule has 0 rings (SSSR count). The Labute approximate surface area is 131 Å². The van der Waals surface area contributed by atoms with Crippen molar-refractivity contribution >= 4 is 11.9 Å². The van der Waals surface area contributed by atoms with Gasteiger partial charge >= 0.3 is 11.9 Å². The van der Waals surface area contributed by atoms with Crippen molar-refractivity contribution in [2.75, 3.05) is 0 Å². The van der Waals surface area contributed by atoms with Crippen molar-refractivity contribution < 1.29 is 19.4 Å². The molecule has 0 bridgehead atoms. The molecule has 1 N–H and O–H groups in total. The molecular formula is C17H36O4. The molecule has 21 heavy (non-hydrogen) atoms. The monoisotopic (exact) mass is 304 g/mol. The van der Waals surface area contributed by atoms with Crippen LogP contribution in [0.15, 0.2) is 0 Å². The van der Waals surface area contributed by atoms with Gasteiger partial charge in [-0.3, -0.25) is 9.59 Å². The first-order valence-corrected chi connectivity index (χ1v) is 8.24. The number of esters is 1. The number of hydrogen-bond donors (Lipinski definition) is 1. The average molecular weight is 304 g/mol. The first-order chi connectivity index (χ1) is 9.85.